The third kappa shape index (κ3) is 5.21. The van der Waals surface area contributed by atoms with Crippen molar-refractivity contribution in [1.82, 2.24) is 0 Å². The number of nitrogens with zero attached hydrogens (tertiary/aromatic N) is 5. The summed E-state index contributed by atoms with van der Waals surface area (Å²) in [6, 6.07) is 17.7. The zero-order chi connectivity index (χ0) is 30.1. The first-order valence-corrected chi connectivity index (χ1v) is 13.2. The van der Waals surface area contributed by atoms with Gasteiger partial charge in [0, 0.05) is 19.8 Å². The van der Waals surface area contributed by atoms with Crippen LogP contribution in [-0.2, 0) is 32.6 Å². The Bertz CT molecular complexity index is 1640. The lowest BCUT2D eigenvalue weighted by Crippen LogP contribution is -2.47. The molecule has 0 atom stereocenters. The van der Waals surface area contributed by atoms with Crippen molar-refractivity contribution in [1.29, 1.82) is 0 Å². The quantitative estimate of drug-likeness (QED) is 0.284. The third-order valence-electron chi connectivity index (χ3n) is 7.20. The molecule has 0 fully saturated rings. The molecule has 3 aromatic rings. The fourth-order valence-electron chi connectivity index (χ4n) is 5.05. The van der Waals surface area contributed by atoms with E-state index in [-0.39, 0.29) is 30.3 Å². The van der Waals surface area contributed by atoms with Crippen LogP contribution in [-0.4, -0.2) is 48.0 Å². The summed E-state index contributed by atoms with van der Waals surface area (Å²) in [6.45, 7) is 5.50. The van der Waals surface area contributed by atoms with Crippen molar-refractivity contribution < 1.29 is 29.9 Å². The summed E-state index contributed by atoms with van der Waals surface area (Å²) >= 11 is 0. The van der Waals surface area contributed by atoms with E-state index in [1.807, 2.05) is 45.0 Å². The summed E-state index contributed by atoms with van der Waals surface area (Å²) in [6.07, 6.45) is 0. The number of hydrazone groups is 1. The summed E-state index contributed by atoms with van der Waals surface area (Å²) < 4.78 is 0. The van der Waals surface area contributed by atoms with E-state index in [9.17, 15) is 9.59 Å². The molecule has 0 bridgehead atoms. The Morgan fingerprint density at radius 2 is 1.48 bits per heavy atom. The molecule has 42 heavy (non-hydrogen) atoms. The molecule has 3 aromatic carbocycles. The van der Waals surface area contributed by atoms with E-state index in [4.69, 9.17) is 15.5 Å². The number of anilines is 3. The zero-order valence-corrected chi connectivity index (χ0v) is 24.0. The lowest BCUT2D eigenvalue weighted by atomic mass is 9.96. The van der Waals surface area contributed by atoms with Crippen LogP contribution in [0.4, 0.5) is 22.7 Å². The van der Waals surface area contributed by atoms with Crippen LogP contribution >= 0.6 is 0 Å². The number of amides is 2. The fourth-order valence-corrected chi connectivity index (χ4v) is 5.05. The number of hydrogen-bond donors (Lipinski definition) is 2. The highest BCUT2D eigenvalue weighted by Crippen LogP contribution is 2.36. The van der Waals surface area contributed by atoms with Crippen molar-refractivity contribution in [3.8, 4) is 0 Å². The Labute approximate surface area is 243 Å². The van der Waals surface area contributed by atoms with Crippen LogP contribution in [0.25, 0.3) is 0 Å². The van der Waals surface area contributed by atoms with Gasteiger partial charge in [-0.05, 0) is 85.0 Å². The van der Waals surface area contributed by atoms with Gasteiger partial charge in [0.2, 0.25) is 0 Å². The number of fused-ring (bicyclic) bond motifs is 1. The smallest absolute Gasteiger partial charge is 0.283 e. The van der Waals surface area contributed by atoms with E-state index in [0.717, 1.165) is 16.8 Å². The van der Waals surface area contributed by atoms with Gasteiger partial charge in [0.1, 0.15) is 18.9 Å². The first-order valence-electron chi connectivity index (χ1n) is 13.2. The second kappa shape index (κ2) is 11.7. The summed E-state index contributed by atoms with van der Waals surface area (Å²) in [5.41, 5.74) is 6.47. The van der Waals surface area contributed by atoms with Crippen LogP contribution in [0.1, 0.15) is 29.2 Å². The predicted octanol–water partition coefficient (Wildman–Crippen LogP) is 5.14. The molecule has 0 saturated carbocycles. The molecule has 216 valence electrons. The van der Waals surface area contributed by atoms with Gasteiger partial charge in [-0.15, -0.1) is 5.10 Å². The van der Waals surface area contributed by atoms with Gasteiger partial charge in [0.15, 0.2) is 5.84 Å². The minimum absolute atomic E-state index is 0.0200. The molecule has 5 rings (SSSR count). The molecule has 2 amide bonds. The van der Waals surface area contributed by atoms with Crippen LogP contribution in [0.5, 0.6) is 0 Å². The van der Waals surface area contributed by atoms with Gasteiger partial charge in [-0.25, -0.2) is 14.8 Å². The number of benzene rings is 3. The maximum Gasteiger partial charge on any atom is 0.283 e. The molecule has 0 spiro atoms. The Hall–Kier alpha value is -4.68. The fraction of sp³-hybridized carbons (Fsp3) is 0.226. The van der Waals surface area contributed by atoms with E-state index in [1.165, 1.54) is 9.91 Å². The van der Waals surface area contributed by atoms with E-state index in [2.05, 4.69) is 14.9 Å². The van der Waals surface area contributed by atoms with Crippen molar-refractivity contribution in [3.63, 3.8) is 0 Å². The summed E-state index contributed by atoms with van der Waals surface area (Å²) in [4.78, 5) is 44.9. The van der Waals surface area contributed by atoms with Crippen molar-refractivity contribution >= 4 is 46.1 Å². The Kier molecular flexibility index (Phi) is 8.01. The lowest BCUT2D eigenvalue weighted by molar-refractivity contribution is -0.253. The zero-order valence-electron chi connectivity index (χ0n) is 24.0. The molecule has 0 saturated heterocycles. The average molecular weight is 570 g/mol. The molecule has 0 unspecified atom stereocenters. The number of carbonyl (C=O) groups is 2. The summed E-state index contributed by atoms with van der Waals surface area (Å²) in [5.74, 6) is -0.682. The van der Waals surface area contributed by atoms with Crippen molar-refractivity contribution in [2.45, 2.75) is 34.0 Å². The van der Waals surface area contributed by atoms with E-state index in [1.54, 1.807) is 55.5 Å². The monoisotopic (exact) mass is 569 g/mol. The lowest BCUT2D eigenvalue weighted by Gasteiger charge is -2.28. The van der Waals surface area contributed by atoms with Gasteiger partial charge in [0.05, 0.1) is 22.6 Å². The molecular formula is C31H31N5O6. The van der Waals surface area contributed by atoms with Gasteiger partial charge in [-0.3, -0.25) is 25.0 Å². The van der Waals surface area contributed by atoms with Crippen LogP contribution in [0.3, 0.4) is 0 Å². The first kappa shape index (κ1) is 28.8. The third-order valence-corrected chi connectivity index (χ3v) is 7.20. The van der Waals surface area contributed by atoms with Crippen LogP contribution in [0.15, 0.2) is 81.9 Å². The van der Waals surface area contributed by atoms with Crippen molar-refractivity contribution in [3.05, 3.63) is 94.1 Å². The number of rotatable bonds is 8. The van der Waals surface area contributed by atoms with E-state index < -0.39 is 11.8 Å². The molecule has 2 heterocycles. The maximum atomic E-state index is 14.2. The van der Waals surface area contributed by atoms with E-state index in [0.29, 0.717) is 33.8 Å². The number of hydrogen-bond acceptors (Lipinski definition) is 9. The molecular weight excluding hydrogens is 538 g/mol. The highest BCUT2D eigenvalue weighted by molar-refractivity contribution is 6.61. The number of aryl methyl sites for hydroxylation is 2. The van der Waals surface area contributed by atoms with Gasteiger partial charge < -0.3 is 4.90 Å². The Morgan fingerprint density at radius 3 is 2.10 bits per heavy atom. The van der Waals surface area contributed by atoms with Crippen molar-refractivity contribution in [2.75, 3.05) is 28.9 Å². The molecule has 11 nitrogen and oxygen atoms in total. The van der Waals surface area contributed by atoms with Gasteiger partial charge >= 0.3 is 0 Å². The number of carbonyl (C=O) groups excluding carboxylic acids is 2. The van der Waals surface area contributed by atoms with Crippen LogP contribution in [0, 0.1) is 13.8 Å². The summed E-state index contributed by atoms with van der Waals surface area (Å²) in [7, 11) is 3.92. The molecule has 2 aliphatic rings. The Morgan fingerprint density at radius 1 is 0.833 bits per heavy atom. The van der Waals surface area contributed by atoms with Gasteiger partial charge in [-0.1, -0.05) is 24.3 Å². The summed E-state index contributed by atoms with van der Waals surface area (Å²) in [5, 5.41) is 23.6. The minimum Gasteiger partial charge on any atom is -0.378 e. The number of aliphatic imine (C=N–C) groups is 1. The largest absolute Gasteiger partial charge is 0.378 e. The minimum atomic E-state index is -0.436. The molecule has 11 heteroatoms. The molecule has 0 aliphatic carbocycles. The highest BCUT2D eigenvalue weighted by atomic mass is 17.1. The topological polar surface area (TPSA) is 128 Å². The van der Waals surface area contributed by atoms with Crippen LogP contribution in [0.2, 0.25) is 0 Å². The average Bonchev–Trinajstić information content (AvgIpc) is 3.30. The molecule has 0 aromatic heterocycles. The van der Waals surface area contributed by atoms with Gasteiger partial charge in [-0.2, -0.15) is 5.01 Å². The second-order valence-electron chi connectivity index (χ2n) is 10.3. The number of amidine groups is 1. The van der Waals surface area contributed by atoms with E-state index >= 15 is 0 Å². The normalized spacial score (nSPS) is 16.0. The SMILES string of the molecule is CC1=C2C(=O)N(c3cccc(COO)c3)N=C2N(c2ccc(COO)cc2)C(=O)C1=Nc1c(C)cc(N(C)C)cc1C. The second-order valence-corrected chi connectivity index (χ2v) is 10.3. The maximum absolute atomic E-state index is 14.2. The first-order chi connectivity index (χ1) is 20.1. The predicted molar refractivity (Wildman–Crippen MR) is 160 cm³/mol. The van der Waals surface area contributed by atoms with Crippen LogP contribution < -0.4 is 14.8 Å². The molecule has 0 radical (unpaired) electrons. The molecule has 2 aliphatic heterocycles. The standard InChI is InChI=1S/C31H31N5O6/c1-18-13-25(34(4)5)14-19(2)27(18)32-28-20(3)26-29(35(31(28)38)23-11-9-21(10-12-23)16-41-39)33-36(30(26)37)24-8-6-7-22(15-24)17-42-40/h6-15,39-40H,16-17H2,1-5H3. The van der Waals surface area contributed by atoms with Crippen molar-refractivity contribution in [2.24, 2.45) is 10.1 Å². The highest BCUT2D eigenvalue weighted by Gasteiger charge is 2.45. The molecule has 2 N–H and O–H groups in total. The Balaban J connectivity index is 1.68. The van der Waals surface area contributed by atoms with Gasteiger partial charge in [0.25, 0.3) is 11.8 Å².